The van der Waals surface area contributed by atoms with Crippen LogP contribution in [0.15, 0.2) is 29.7 Å². The molecule has 0 bridgehead atoms. The van der Waals surface area contributed by atoms with Gasteiger partial charge in [-0.2, -0.15) is 0 Å². The van der Waals surface area contributed by atoms with Crippen molar-refractivity contribution < 1.29 is 4.79 Å². The van der Waals surface area contributed by atoms with Gasteiger partial charge in [0.25, 0.3) is 5.91 Å². The lowest BCUT2D eigenvalue weighted by molar-refractivity contribution is -0.117. The smallest absolute Gasteiger partial charge is 0.259 e. The van der Waals surface area contributed by atoms with Crippen LogP contribution in [0.25, 0.3) is 11.0 Å². The highest BCUT2D eigenvalue weighted by Crippen LogP contribution is 2.29. The van der Waals surface area contributed by atoms with E-state index in [-0.39, 0.29) is 30.4 Å². The van der Waals surface area contributed by atoms with Crippen molar-refractivity contribution in [1.29, 1.82) is 0 Å². The van der Waals surface area contributed by atoms with E-state index in [1.807, 2.05) is 23.4 Å². The summed E-state index contributed by atoms with van der Waals surface area (Å²) in [7, 11) is 0. The Morgan fingerprint density at radius 1 is 1.40 bits per heavy atom. The molecule has 0 saturated heterocycles. The number of nitrogens with one attached hydrogen (secondary N) is 2. The number of hydrogen-bond acceptors (Lipinski definition) is 6. The predicted molar refractivity (Wildman–Crippen MR) is 103 cm³/mol. The molecule has 1 saturated carbocycles. The minimum atomic E-state index is -0.0110. The number of rotatable bonds is 3. The van der Waals surface area contributed by atoms with Crippen LogP contribution < -0.4 is 16.0 Å². The van der Waals surface area contributed by atoms with Gasteiger partial charge in [0, 0.05) is 36.8 Å². The standard InChI is InChI=1S/C16H20N6OS.ClH/c17-10-1-2-11(7-10)21-16(23)13-8-22(5-6-24-13)15-12-3-4-18-14(12)19-9-20-15;/h3-4,8-11H,1-2,5-7,17H2,(H,21,23)(H,18,19,20);1H/t10-,11+;/m0./s1. The number of H-pyrrole nitrogens is 1. The van der Waals surface area contributed by atoms with Gasteiger partial charge in [-0.15, -0.1) is 24.2 Å². The number of aromatic nitrogens is 3. The molecule has 0 aromatic carbocycles. The maximum absolute atomic E-state index is 12.5. The number of aromatic amines is 1. The number of anilines is 1. The molecule has 7 nitrogen and oxygen atoms in total. The van der Waals surface area contributed by atoms with Crippen LogP contribution >= 0.6 is 24.2 Å². The lowest BCUT2D eigenvalue weighted by atomic mass is 10.2. The number of thioether (sulfide) groups is 1. The van der Waals surface area contributed by atoms with E-state index in [4.69, 9.17) is 5.73 Å². The summed E-state index contributed by atoms with van der Waals surface area (Å²) in [6.45, 7) is 0.813. The molecule has 2 aromatic rings. The van der Waals surface area contributed by atoms with E-state index in [1.54, 1.807) is 18.1 Å². The summed E-state index contributed by atoms with van der Waals surface area (Å²) >= 11 is 1.59. The van der Waals surface area contributed by atoms with Crippen molar-refractivity contribution in [2.75, 3.05) is 17.2 Å². The van der Waals surface area contributed by atoms with Gasteiger partial charge in [-0.3, -0.25) is 4.79 Å². The number of nitrogens with zero attached hydrogens (tertiary/aromatic N) is 3. The van der Waals surface area contributed by atoms with E-state index in [1.165, 1.54) is 0 Å². The molecule has 0 spiro atoms. The van der Waals surface area contributed by atoms with Gasteiger partial charge in [-0.05, 0) is 25.3 Å². The van der Waals surface area contributed by atoms with Gasteiger partial charge in [0.15, 0.2) is 0 Å². The van der Waals surface area contributed by atoms with Crippen molar-refractivity contribution in [2.24, 2.45) is 5.73 Å². The zero-order valence-electron chi connectivity index (χ0n) is 13.6. The quantitative estimate of drug-likeness (QED) is 0.750. The first kappa shape index (κ1) is 18.0. The molecule has 1 amide bonds. The highest BCUT2D eigenvalue weighted by Gasteiger charge is 2.26. The van der Waals surface area contributed by atoms with Crippen LogP contribution in [0.5, 0.6) is 0 Å². The summed E-state index contributed by atoms with van der Waals surface area (Å²) < 4.78 is 0. The van der Waals surface area contributed by atoms with Crippen molar-refractivity contribution in [1.82, 2.24) is 20.3 Å². The van der Waals surface area contributed by atoms with Crippen LogP contribution in [0.4, 0.5) is 5.82 Å². The summed E-state index contributed by atoms with van der Waals surface area (Å²) in [5.41, 5.74) is 6.73. The van der Waals surface area contributed by atoms with Crippen LogP contribution in [0, 0.1) is 0 Å². The van der Waals surface area contributed by atoms with E-state index in [9.17, 15) is 4.79 Å². The second kappa shape index (κ2) is 7.63. The topological polar surface area (TPSA) is 99.9 Å². The van der Waals surface area contributed by atoms with Crippen LogP contribution in [-0.4, -0.2) is 45.2 Å². The van der Waals surface area contributed by atoms with Gasteiger partial charge in [-0.1, -0.05) is 0 Å². The second-order valence-electron chi connectivity index (χ2n) is 6.22. The molecule has 2 atom stereocenters. The van der Waals surface area contributed by atoms with Crippen LogP contribution in [-0.2, 0) is 4.79 Å². The number of amides is 1. The first-order chi connectivity index (χ1) is 11.7. The van der Waals surface area contributed by atoms with Crippen LogP contribution in [0.3, 0.4) is 0 Å². The third kappa shape index (κ3) is 3.75. The largest absolute Gasteiger partial charge is 0.349 e. The maximum Gasteiger partial charge on any atom is 0.259 e. The minimum Gasteiger partial charge on any atom is -0.349 e. The van der Waals surface area contributed by atoms with Crippen molar-refractivity contribution >= 4 is 46.9 Å². The number of carbonyl (C=O) groups excluding carboxylic acids is 1. The molecule has 4 N–H and O–H groups in total. The Hall–Kier alpha value is -1.77. The zero-order valence-corrected chi connectivity index (χ0v) is 15.3. The van der Waals surface area contributed by atoms with Crippen molar-refractivity contribution in [3.05, 3.63) is 29.7 Å². The highest BCUT2D eigenvalue weighted by molar-refractivity contribution is 8.04. The lowest BCUT2D eigenvalue weighted by Crippen LogP contribution is -2.36. The van der Waals surface area contributed by atoms with E-state index in [0.717, 1.165) is 53.3 Å². The SMILES string of the molecule is Cl.N[C@H]1CC[C@@H](NC(=O)C2=CN(c3ncnc4[nH]ccc34)CCS2)C1. The third-order valence-corrected chi connectivity index (χ3v) is 5.49. The number of halogens is 1. The molecule has 3 heterocycles. The molecular formula is C16H21ClN6OS. The fourth-order valence-corrected chi connectivity index (χ4v) is 4.18. The summed E-state index contributed by atoms with van der Waals surface area (Å²) in [6, 6.07) is 2.36. The van der Waals surface area contributed by atoms with Gasteiger partial charge >= 0.3 is 0 Å². The summed E-state index contributed by atoms with van der Waals surface area (Å²) in [6.07, 6.45) is 8.10. The first-order valence-corrected chi connectivity index (χ1v) is 9.15. The Balaban J connectivity index is 0.00000182. The molecule has 2 aromatic heterocycles. The Kier molecular flexibility index (Phi) is 5.51. The Morgan fingerprint density at radius 3 is 3.08 bits per heavy atom. The lowest BCUT2D eigenvalue weighted by Gasteiger charge is -2.26. The highest BCUT2D eigenvalue weighted by atomic mass is 35.5. The molecule has 2 aliphatic rings. The number of nitrogens with two attached hydrogens (primary N) is 1. The monoisotopic (exact) mass is 380 g/mol. The Labute approximate surface area is 156 Å². The van der Waals surface area contributed by atoms with E-state index < -0.39 is 0 Å². The van der Waals surface area contributed by atoms with E-state index in [2.05, 4.69) is 20.3 Å². The zero-order chi connectivity index (χ0) is 16.5. The number of hydrogen-bond donors (Lipinski definition) is 3. The molecule has 134 valence electrons. The van der Waals surface area contributed by atoms with Gasteiger partial charge in [0.2, 0.25) is 0 Å². The molecule has 1 fully saturated rings. The summed E-state index contributed by atoms with van der Waals surface area (Å²) in [5.74, 6) is 1.66. The average Bonchev–Trinajstić information content (AvgIpc) is 3.23. The normalized spacial score (nSPS) is 23.2. The Bertz CT molecular complexity index is 794. The first-order valence-electron chi connectivity index (χ1n) is 8.16. The molecule has 1 aliphatic carbocycles. The van der Waals surface area contributed by atoms with E-state index in [0.29, 0.717) is 0 Å². The van der Waals surface area contributed by atoms with E-state index >= 15 is 0 Å². The summed E-state index contributed by atoms with van der Waals surface area (Å²) in [4.78, 5) is 27.0. The molecule has 0 unspecified atom stereocenters. The van der Waals surface area contributed by atoms with Crippen molar-refractivity contribution in [2.45, 2.75) is 31.3 Å². The Morgan fingerprint density at radius 2 is 2.28 bits per heavy atom. The number of carbonyl (C=O) groups is 1. The summed E-state index contributed by atoms with van der Waals surface area (Å²) in [5, 5.41) is 4.07. The maximum atomic E-state index is 12.5. The fourth-order valence-electron chi connectivity index (χ4n) is 3.28. The molecule has 0 radical (unpaired) electrons. The third-order valence-electron chi connectivity index (χ3n) is 4.50. The minimum absolute atomic E-state index is 0. The fraction of sp³-hybridized carbons (Fsp3) is 0.438. The molecule has 9 heteroatoms. The van der Waals surface area contributed by atoms with Crippen LogP contribution in [0.1, 0.15) is 19.3 Å². The molecular weight excluding hydrogens is 360 g/mol. The average molecular weight is 381 g/mol. The molecule has 4 rings (SSSR count). The number of fused-ring (bicyclic) bond motifs is 1. The van der Waals surface area contributed by atoms with Crippen molar-refractivity contribution in [3.8, 4) is 0 Å². The van der Waals surface area contributed by atoms with Gasteiger partial charge in [0.05, 0.1) is 10.3 Å². The van der Waals surface area contributed by atoms with Gasteiger partial charge < -0.3 is 20.9 Å². The van der Waals surface area contributed by atoms with Gasteiger partial charge in [0.1, 0.15) is 17.8 Å². The molecule has 1 aliphatic heterocycles. The van der Waals surface area contributed by atoms with Gasteiger partial charge in [-0.25, -0.2) is 9.97 Å². The molecule has 25 heavy (non-hydrogen) atoms. The van der Waals surface area contributed by atoms with Crippen LogP contribution in [0.2, 0.25) is 0 Å². The predicted octanol–water partition coefficient (Wildman–Crippen LogP) is 1.77. The second-order valence-corrected chi connectivity index (χ2v) is 7.35. The van der Waals surface area contributed by atoms with Crippen molar-refractivity contribution in [3.63, 3.8) is 0 Å².